The van der Waals surface area contributed by atoms with Crippen LogP contribution in [-0.4, -0.2) is 48.8 Å². The molecule has 3 heteroatoms. The first-order valence-corrected chi connectivity index (χ1v) is 7.86. The molecule has 2 unspecified atom stereocenters. The minimum absolute atomic E-state index is 0.255. The highest BCUT2D eigenvalue weighted by molar-refractivity contribution is 4.83. The Morgan fingerprint density at radius 2 is 1.94 bits per heavy atom. The predicted octanol–water partition coefficient (Wildman–Crippen LogP) is 2.25. The highest BCUT2D eigenvalue weighted by atomic mass is 16.3. The third kappa shape index (κ3) is 6.17. The van der Waals surface area contributed by atoms with Gasteiger partial charge in [-0.2, -0.15) is 0 Å². The molecule has 0 aromatic carbocycles. The van der Waals surface area contributed by atoms with Gasteiger partial charge in [-0.05, 0) is 31.7 Å². The minimum Gasteiger partial charge on any atom is -0.395 e. The van der Waals surface area contributed by atoms with Gasteiger partial charge < -0.3 is 15.3 Å². The first kappa shape index (κ1) is 15.9. The van der Waals surface area contributed by atoms with Gasteiger partial charge in [-0.3, -0.25) is 0 Å². The van der Waals surface area contributed by atoms with Crippen LogP contribution in [0.15, 0.2) is 0 Å². The first-order chi connectivity index (χ1) is 8.80. The van der Waals surface area contributed by atoms with E-state index in [9.17, 15) is 0 Å². The van der Waals surface area contributed by atoms with Crippen LogP contribution in [0.5, 0.6) is 0 Å². The van der Waals surface area contributed by atoms with Gasteiger partial charge >= 0.3 is 0 Å². The van der Waals surface area contributed by atoms with Gasteiger partial charge in [0.15, 0.2) is 0 Å². The van der Waals surface area contributed by atoms with Crippen LogP contribution in [0.4, 0.5) is 0 Å². The summed E-state index contributed by atoms with van der Waals surface area (Å²) in [4.78, 5) is 2.63. The Labute approximate surface area is 113 Å². The largest absolute Gasteiger partial charge is 0.395 e. The van der Waals surface area contributed by atoms with E-state index in [1.165, 1.54) is 58.2 Å². The van der Waals surface area contributed by atoms with Crippen LogP contribution in [-0.2, 0) is 0 Å². The van der Waals surface area contributed by atoms with Crippen molar-refractivity contribution in [3.8, 4) is 0 Å². The summed E-state index contributed by atoms with van der Waals surface area (Å²) < 4.78 is 0. The Kier molecular flexibility index (Phi) is 8.64. The van der Waals surface area contributed by atoms with Crippen molar-refractivity contribution >= 4 is 0 Å². The molecule has 1 saturated heterocycles. The van der Waals surface area contributed by atoms with Crippen LogP contribution in [0, 0.1) is 5.92 Å². The molecule has 2 N–H and O–H groups in total. The molecule has 2 atom stereocenters. The molecule has 1 heterocycles. The normalized spacial score (nSPS) is 25.5. The van der Waals surface area contributed by atoms with Crippen molar-refractivity contribution in [2.75, 3.05) is 32.8 Å². The minimum atomic E-state index is 0.255. The summed E-state index contributed by atoms with van der Waals surface area (Å²) in [5, 5.41) is 12.4. The van der Waals surface area contributed by atoms with Crippen molar-refractivity contribution in [2.45, 2.75) is 58.4 Å². The molecule has 0 amide bonds. The second kappa shape index (κ2) is 9.76. The van der Waals surface area contributed by atoms with E-state index in [1.54, 1.807) is 0 Å². The van der Waals surface area contributed by atoms with Gasteiger partial charge in [-0.25, -0.2) is 0 Å². The number of aliphatic hydroxyl groups is 1. The Morgan fingerprint density at radius 1 is 1.17 bits per heavy atom. The molecule has 1 rings (SSSR count). The number of aliphatic hydroxyl groups excluding tert-OH is 1. The van der Waals surface area contributed by atoms with E-state index >= 15 is 0 Å². The van der Waals surface area contributed by atoms with Gasteiger partial charge in [0.05, 0.1) is 6.61 Å². The summed E-state index contributed by atoms with van der Waals surface area (Å²) in [6, 6.07) is 0.588. The van der Waals surface area contributed by atoms with E-state index in [2.05, 4.69) is 24.1 Å². The Balaban J connectivity index is 2.38. The quantitative estimate of drug-likeness (QED) is 0.664. The van der Waals surface area contributed by atoms with Crippen LogP contribution in [0.1, 0.15) is 52.4 Å². The van der Waals surface area contributed by atoms with E-state index < -0.39 is 0 Å². The molecule has 0 aromatic heterocycles. The molecule has 0 spiro atoms. The van der Waals surface area contributed by atoms with Crippen LogP contribution in [0.2, 0.25) is 0 Å². The highest BCUT2D eigenvalue weighted by Crippen LogP contribution is 2.22. The Bertz CT molecular complexity index is 160. The van der Waals surface area contributed by atoms with Crippen LogP contribution >= 0.6 is 0 Å². The summed E-state index contributed by atoms with van der Waals surface area (Å²) >= 11 is 0. The Morgan fingerprint density at radius 3 is 2.61 bits per heavy atom. The zero-order valence-electron chi connectivity index (χ0n) is 12.3. The van der Waals surface area contributed by atoms with E-state index in [0.717, 1.165) is 12.5 Å². The molecule has 1 aliphatic rings. The number of piperidine rings is 1. The molecule has 0 radical (unpaired) electrons. The van der Waals surface area contributed by atoms with E-state index in [1.807, 2.05) is 0 Å². The van der Waals surface area contributed by atoms with Gasteiger partial charge in [0.2, 0.25) is 0 Å². The molecular formula is C15H32N2O. The molecule has 1 aliphatic heterocycles. The maximum atomic E-state index is 8.94. The average molecular weight is 256 g/mol. The lowest BCUT2D eigenvalue weighted by atomic mass is 9.89. The lowest BCUT2D eigenvalue weighted by Crippen LogP contribution is -2.50. The van der Waals surface area contributed by atoms with Crippen molar-refractivity contribution < 1.29 is 5.11 Å². The number of nitrogens with one attached hydrogen (secondary N) is 1. The number of likely N-dealkylation sites (tertiary alicyclic amines) is 1. The van der Waals surface area contributed by atoms with E-state index in [0.29, 0.717) is 6.04 Å². The predicted molar refractivity (Wildman–Crippen MR) is 77.9 cm³/mol. The van der Waals surface area contributed by atoms with Crippen LogP contribution in [0.25, 0.3) is 0 Å². The van der Waals surface area contributed by atoms with E-state index in [-0.39, 0.29) is 6.61 Å². The average Bonchev–Trinajstić information content (AvgIpc) is 2.40. The van der Waals surface area contributed by atoms with Crippen molar-refractivity contribution in [3.05, 3.63) is 0 Å². The molecule has 0 aromatic rings. The molecule has 0 saturated carbocycles. The molecular weight excluding hydrogens is 224 g/mol. The summed E-state index contributed by atoms with van der Waals surface area (Å²) in [6.07, 6.45) is 7.93. The molecule has 3 nitrogen and oxygen atoms in total. The maximum absolute atomic E-state index is 8.94. The Hall–Kier alpha value is -0.120. The number of hydrogen-bond donors (Lipinski definition) is 2. The standard InChI is InChI=1S/C15H32N2O/c1-3-5-7-14-11-15(16-8-10-18)13-17(12-14)9-6-4-2/h14-16,18H,3-13H2,1-2H3. The number of rotatable bonds is 9. The summed E-state index contributed by atoms with van der Waals surface area (Å²) in [5.74, 6) is 0.853. The van der Waals surface area contributed by atoms with Crippen molar-refractivity contribution in [3.63, 3.8) is 0 Å². The second-order valence-corrected chi connectivity index (χ2v) is 5.73. The first-order valence-electron chi connectivity index (χ1n) is 7.86. The van der Waals surface area contributed by atoms with E-state index in [4.69, 9.17) is 5.11 Å². The SMILES string of the molecule is CCCCC1CC(NCCO)CN(CCCC)C1. The highest BCUT2D eigenvalue weighted by Gasteiger charge is 2.25. The molecule has 0 bridgehead atoms. The van der Waals surface area contributed by atoms with Crippen LogP contribution in [0.3, 0.4) is 0 Å². The molecule has 108 valence electrons. The van der Waals surface area contributed by atoms with Crippen molar-refractivity contribution in [1.82, 2.24) is 10.2 Å². The lowest BCUT2D eigenvalue weighted by molar-refractivity contribution is 0.129. The fourth-order valence-corrected chi connectivity index (χ4v) is 2.99. The zero-order chi connectivity index (χ0) is 13.2. The second-order valence-electron chi connectivity index (χ2n) is 5.73. The number of unbranched alkanes of at least 4 members (excludes halogenated alkanes) is 2. The van der Waals surface area contributed by atoms with Crippen LogP contribution < -0.4 is 5.32 Å². The molecule has 18 heavy (non-hydrogen) atoms. The van der Waals surface area contributed by atoms with Gasteiger partial charge in [-0.1, -0.05) is 33.1 Å². The number of hydrogen-bond acceptors (Lipinski definition) is 3. The summed E-state index contributed by atoms with van der Waals surface area (Å²) in [6.45, 7) is 9.24. The monoisotopic (exact) mass is 256 g/mol. The number of nitrogens with zero attached hydrogens (tertiary/aromatic N) is 1. The fourth-order valence-electron chi connectivity index (χ4n) is 2.99. The molecule has 1 fully saturated rings. The van der Waals surface area contributed by atoms with Crippen molar-refractivity contribution in [2.24, 2.45) is 5.92 Å². The maximum Gasteiger partial charge on any atom is 0.0556 e. The fraction of sp³-hybridized carbons (Fsp3) is 1.00. The molecule has 0 aliphatic carbocycles. The van der Waals surface area contributed by atoms with Gasteiger partial charge in [0.1, 0.15) is 0 Å². The zero-order valence-corrected chi connectivity index (χ0v) is 12.3. The topological polar surface area (TPSA) is 35.5 Å². The summed E-state index contributed by atoms with van der Waals surface area (Å²) in [5.41, 5.74) is 0. The van der Waals surface area contributed by atoms with Gasteiger partial charge in [-0.15, -0.1) is 0 Å². The van der Waals surface area contributed by atoms with Gasteiger partial charge in [0.25, 0.3) is 0 Å². The van der Waals surface area contributed by atoms with Crippen molar-refractivity contribution in [1.29, 1.82) is 0 Å². The third-order valence-corrected chi connectivity index (χ3v) is 3.95. The summed E-state index contributed by atoms with van der Waals surface area (Å²) in [7, 11) is 0. The smallest absolute Gasteiger partial charge is 0.0556 e. The lowest BCUT2D eigenvalue weighted by Gasteiger charge is -2.38. The third-order valence-electron chi connectivity index (χ3n) is 3.95. The van der Waals surface area contributed by atoms with Gasteiger partial charge in [0, 0.05) is 25.7 Å².